The van der Waals surface area contributed by atoms with Crippen LogP contribution in [0.3, 0.4) is 0 Å². The predicted octanol–water partition coefficient (Wildman–Crippen LogP) is 3.02. The number of aromatic nitrogens is 1. The van der Waals surface area contributed by atoms with E-state index < -0.39 is 23.8 Å². The fourth-order valence-electron chi connectivity index (χ4n) is 2.70. The van der Waals surface area contributed by atoms with Gasteiger partial charge in [0.25, 0.3) is 5.56 Å². The molecule has 1 aromatic heterocycles. The van der Waals surface area contributed by atoms with E-state index in [1.165, 1.54) is 12.1 Å². The number of alkyl halides is 3. The Bertz CT molecular complexity index is 840. The fraction of sp³-hybridized carbons (Fsp3) is 0.250. The van der Waals surface area contributed by atoms with Gasteiger partial charge in [-0.05, 0) is 24.6 Å². The maximum Gasteiger partial charge on any atom is 0.573 e. The summed E-state index contributed by atoms with van der Waals surface area (Å²) >= 11 is 0. The summed E-state index contributed by atoms with van der Waals surface area (Å²) in [5, 5.41) is 0. The summed E-state index contributed by atoms with van der Waals surface area (Å²) in [6, 6.07) is 6.62. The van der Waals surface area contributed by atoms with E-state index in [0.717, 1.165) is 12.1 Å². The Hall–Kier alpha value is -2.77. The second-order valence-electron chi connectivity index (χ2n) is 5.41. The Kier molecular flexibility index (Phi) is 3.82. The number of H-pyrrole nitrogens is 1. The van der Waals surface area contributed by atoms with Crippen molar-refractivity contribution in [1.82, 2.24) is 4.98 Å². The number of aryl methyl sites for hydroxylation is 1. The molecule has 0 aliphatic carbocycles. The lowest BCUT2D eigenvalue weighted by atomic mass is 9.87. The molecule has 1 aliphatic heterocycles. The van der Waals surface area contributed by atoms with Gasteiger partial charge in [-0.25, -0.2) is 0 Å². The number of fused-ring (bicyclic) bond motifs is 1. The van der Waals surface area contributed by atoms with E-state index in [1.54, 1.807) is 13.0 Å². The van der Waals surface area contributed by atoms with Crippen LogP contribution in [0.15, 0.2) is 35.1 Å². The highest BCUT2D eigenvalue weighted by atomic mass is 19.4. The third-order valence-corrected chi connectivity index (χ3v) is 3.63. The monoisotopic (exact) mass is 339 g/mol. The molecule has 0 fully saturated rings. The minimum absolute atomic E-state index is 0.0708. The Labute approximate surface area is 134 Å². The van der Waals surface area contributed by atoms with Crippen molar-refractivity contribution in [2.45, 2.75) is 25.6 Å². The molecule has 2 aromatic rings. The topological polar surface area (TPSA) is 68.4 Å². The molecule has 1 atom stereocenters. The van der Waals surface area contributed by atoms with E-state index in [4.69, 9.17) is 4.74 Å². The highest BCUT2D eigenvalue weighted by molar-refractivity contribution is 5.77. The number of hydrogen-bond acceptors (Lipinski definition) is 4. The molecular weight excluding hydrogens is 327 g/mol. The summed E-state index contributed by atoms with van der Waals surface area (Å²) in [6.45, 7) is 1.66. The lowest BCUT2D eigenvalue weighted by Crippen LogP contribution is -2.28. The van der Waals surface area contributed by atoms with E-state index in [2.05, 4.69) is 9.72 Å². The Morgan fingerprint density at radius 3 is 2.50 bits per heavy atom. The second-order valence-corrected chi connectivity index (χ2v) is 5.41. The molecule has 24 heavy (non-hydrogen) atoms. The van der Waals surface area contributed by atoms with E-state index in [0.29, 0.717) is 11.3 Å². The lowest BCUT2D eigenvalue weighted by molar-refractivity contribution is -0.274. The van der Waals surface area contributed by atoms with Crippen molar-refractivity contribution >= 4 is 5.97 Å². The van der Waals surface area contributed by atoms with Crippen molar-refractivity contribution in [3.05, 3.63) is 57.5 Å². The maximum absolute atomic E-state index is 12.2. The van der Waals surface area contributed by atoms with E-state index in [9.17, 15) is 22.8 Å². The fourth-order valence-corrected chi connectivity index (χ4v) is 2.70. The minimum atomic E-state index is -4.78. The molecular formula is C16H12F3NO4. The first kappa shape index (κ1) is 16.1. The zero-order chi connectivity index (χ0) is 17.5. The number of benzene rings is 1. The SMILES string of the molecule is Cc1cc2c(c(=O)[nH]1)[C@H](c1ccc(OC(F)(F)F)cc1)CC(=O)O2. The molecule has 8 heteroatoms. The molecule has 0 bridgehead atoms. The van der Waals surface area contributed by atoms with Crippen LogP contribution in [0.25, 0.3) is 0 Å². The first-order valence-electron chi connectivity index (χ1n) is 7.03. The summed E-state index contributed by atoms with van der Waals surface area (Å²) in [5.74, 6) is -1.30. The summed E-state index contributed by atoms with van der Waals surface area (Å²) < 4.78 is 45.5. The third-order valence-electron chi connectivity index (χ3n) is 3.63. The molecule has 126 valence electrons. The Morgan fingerprint density at radius 2 is 1.88 bits per heavy atom. The second kappa shape index (κ2) is 5.70. The van der Waals surface area contributed by atoms with Gasteiger partial charge in [0.05, 0.1) is 12.0 Å². The van der Waals surface area contributed by atoms with Gasteiger partial charge in [-0.3, -0.25) is 9.59 Å². The number of hydrogen-bond donors (Lipinski definition) is 1. The van der Waals surface area contributed by atoms with Gasteiger partial charge in [-0.2, -0.15) is 0 Å². The van der Waals surface area contributed by atoms with Crippen LogP contribution in [0.5, 0.6) is 11.5 Å². The van der Waals surface area contributed by atoms with Crippen LogP contribution in [0, 0.1) is 6.92 Å². The summed E-state index contributed by atoms with van der Waals surface area (Å²) in [4.78, 5) is 26.6. The van der Waals surface area contributed by atoms with Crippen LogP contribution in [0.1, 0.15) is 29.2 Å². The van der Waals surface area contributed by atoms with Crippen molar-refractivity contribution in [2.75, 3.05) is 0 Å². The summed E-state index contributed by atoms with van der Waals surface area (Å²) in [6.07, 6.45) is -4.85. The van der Waals surface area contributed by atoms with E-state index >= 15 is 0 Å². The van der Waals surface area contributed by atoms with Crippen molar-refractivity contribution in [1.29, 1.82) is 0 Å². The molecule has 1 aliphatic rings. The number of pyridine rings is 1. The van der Waals surface area contributed by atoms with Gasteiger partial charge < -0.3 is 14.5 Å². The predicted molar refractivity (Wildman–Crippen MR) is 77.0 cm³/mol. The first-order chi connectivity index (χ1) is 11.2. The molecule has 2 heterocycles. The first-order valence-corrected chi connectivity index (χ1v) is 7.03. The number of halogens is 3. The number of esters is 1. The normalized spacial score (nSPS) is 17.2. The highest BCUT2D eigenvalue weighted by Crippen LogP contribution is 2.37. The van der Waals surface area contributed by atoms with Crippen LogP contribution < -0.4 is 15.0 Å². The number of rotatable bonds is 2. The molecule has 0 amide bonds. The maximum atomic E-state index is 12.2. The van der Waals surface area contributed by atoms with Gasteiger partial charge in [0, 0.05) is 17.7 Å². The van der Waals surface area contributed by atoms with Crippen molar-refractivity contribution < 1.29 is 27.4 Å². The van der Waals surface area contributed by atoms with E-state index in [-0.39, 0.29) is 23.5 Å². The summed E-state index contributed by atoms with van der Waals surface area (Å²) in [7, 11) is 0. The molecule has 5 nitrogen and oxygen atoms in total. The number of nitrogens with one attached hydrogen (secondary N) is 1. The minimum Gasteiger partial charge on any atom is -0.426 e. The number of carbonyl (C=O) groups excluding carboxylic acids is 1. The average Bonchev–Trinajstić information content (AvgIpc) is 2.44. The van der Waals surface area contributed by atoms with E-state index in [1.807, 2.05) is 0 Å². The standard InChI is InChI=1S/C16H12F3NO4/c1-8-6-12-14(15(22)20-8)11(7-13(21)23-12)9-2-4-10(5-3-9)24-16(17,18)19/h2-6,11H,7H2,1H3,(H,20,22)/t11-/m0/s1. The van der Waals surface area contributed by atoms with Crippen LogP contribution in [0.2, 0.25) is 0 Å². The molecule has 3 rings (SSSR count). The van der Waals surface area contributed by atoms with Gasteiger partial charge in [0.2, 0.25) is 0 Å². The zero-order valence-electron chi connectivity index (χ0n) is 12.4. The van der Waals surface area contributed by atoms with Crippen LogP contribution >= 0.6 is 0 Å². The molecule has 0 unspecified atom stereocenters. The van der Waals surface area contributed by atoms with Gasteiger partial charge in [-0.15, -0.1) is 13.2 Å². The van der Waals surface area contributed by atoms with Gasteiger partial charge >= 0.3 is 12.3 Å². The molecule has 0 saturated heterocycles. The number of carbonyl (C=O) groups is 1. The van der Waals surface area contributed by atoms with Crippen LogP contribution in [-0.2, 0) is 4.79 Å². The van der Waals surface area contributed by atoms with Gasteiger partial charge in [0.15, 0.2) is 0 Å². The third kappa shape index (κ3) is 3.27. The Morgan fingerprint density at radius 1 is 1.21 bits per heavy atom. The largest absolute Gasteiger partial charge is 0.573 e. The quantitative estimate of drug-likeness (QED) is 0.854. The molecule has 0 radical (unpaired) electrons. The zero-order valence-corrected chi connectivity index (χ0v) is 12.4. The Balaban J connectivity index is 1.99. The highest BCUT2D eigenvalue weighted by Gasteiger charge is 2.33. The average molecular weight is 339 g/mol. The van der Waals surface area contributed by atoms with Gasteiger partial charge in [-0.1, -0.05) is 12.1 Å². The number of aromatic amines is 1. The molecule has 0 spiro atoms. The molecule has 0 saturated carbocycles. The summed E-state index contributed by atoms with van der Waals surface area (Å²) in [5.41, 5.74) is 0.959. The van der Waals surface area contributed by atoms with Gasteiger partial charge in [0.1, 0.15) is 11.5 Å². The lowest BCUT2D eigenvalue weighted by Gasteiger charge is -2.24. The van der Waals surface area contributed by atoms with Crippen molar-refractivity contribution in [3.8, 4) is 11.5 Å². The molecule has 1 aromatic carbocycles. The van der Waals surface area contributed by atoms with Crippen LogP contribution in [-0.4, -0.2) is 17.3 Å². The molecule has 1 N–H and O–H groups in total. The van der Waals surface area contributed by atoms with Crippen molar-refractivity contribution in [2.24, 2.45) is 0 Å². The number of ether oxygens (including phenoxy) is 2. The van der Waals surface area contributed by atoms with Crippen LogP contribution in [0.4, 0.5) is 13.2 Å². The van der Waals surface area contributed by atoms with Crippen molar-refractivity contribution in [3.63, 3.8) is 0 Å². The smallest absolute Gasteiger partial charge is 0.426 e.